The number of benzene rings is 2. The molecule has 1 N–H and O–H groups in total. The van der Waals surface area contributed by atoms with Crippen LogP contribution in [0.2, 0.25) is 0 Å². The minimum atomic E-state index is -0.276. The summed E-state index contributed by atoms with van der Waals surface area (Å²) in [6.45, 7) is 6.01. The van der Waals surface area contributed by atoms with E-state index in [0.717, 1.165) is 36.6 Å². The van der Waals surface area contributed by atoms with Crippen LogP contribution in [0.4, 0.5) is 10.1 Å². The smallest absolute Gasteiger partial charge is 0.234 e. The van der Waals surface area contributed by atoms with E-state index < -0.39 is 0 Å². The van der Waals surface area contributed by atoms with Crippen molar-refractivity contribution in [2.45, 2.75) is 13.0 Å². The van der Waals surface area contributed by atoms with Crippen molar-refractivity contribution in [1.82, 2.24) is 10.2 Å². The summed E-state index contributed by atoms with van der Waals surface area (Å²) in [5.74, 6) is -0.288. The first kappa shape index (κ1) is 20.6. The van der Waals surface area contributed by atoms with E-state index in [1.807, 2.05) is 17.5 Å². The SMILES string of the molecule is Cc1ccccc1N1CCN(CC(=O)N[C@H](c2ccc(F)cc2)c2cccs2)CC1. The predicted molar refractivity (Wildman–Crippen MR) is 121 cm³/mol. The van der Waals surface area contributed by atoms with Gasteiger partial charge in [0.15, 0.2) is 0 Å². The molecule has 3 aromatic rings. The number of rotatable bonds is 6. The minimum absolute atomic E-state index is 0.0120. The van der Waals surface area contributed by atoms with Crippen molar-refractivity contribution in [3.63, 3.8) is 0 Å². The molecule has 30 heavy (non-hydrogen) atoms. The van der Waals surface area contributed by atoms with Gasteiger partial charge >= 0.3 is 0 Å². The van der Waals surface area contributed by atoms with E-state index in [1.54, 1.807) is 23.5 Å². The molecule has 4 rings (SSSR count). The molecular formula is C24H26FN3OS. The first-order valence-electron chi connectivity index (χ1n) is 10.2. The number of carbonyl (C=O) groups is 1. The van der Waals surface area contributed by atoms with Crippen molar-refractivity contribution < 1.29 is 9.18 Å². The average molecular weight is 424 g/mol. The summed E-state index contributed by atoms with van der Waals surface area (Å²) in [6.07, 6.45) is 0. The molecule has 1 aromatic heterocycles. The van der Waals surface area contributed by atoms with Gasteiger partial charge in [-0.3, -0.25) is 9.69 Å². The highest BCUT2D eigenvalue weighted by atomic mass is 32.1. The van der Waals surface area contributed by atoms with Crippen molar-refractivity contribution in [3.05, 3.63) is 87.9 Å². The zero-order valence-corrected chi connectivity index (χ0v) is 17.9. The van der Waals surface area contributed by atoms with Crippen LogP contribution in [0.5, 0.6) is 0 Å². The van der Waals surface area contributed by atoms with Gasteiger partial charge in [-0.25, -0.2) is 4.39 Å². The van der Waals surface area contributed by atoms with Gasteiger partial charge in [-0.15, -0.1) is 11.3 Å². The van der Waals surface area contributed by atoms with Crippen molar-refractivity contribution >= 4 is 22.9 Å². The Hall–Kier alpha value is -2.70. The third-order valence-electron chi connectivity index (χ3n) is 5.53. The standard InChI is InChI=1S/C24H26FN3OS/c1-18-5-2-3-6-21(18)28-14-12-27(13-15-28)17-23(29)26-24(22-7-4-16-30-22)19-8-10-20(25)11-9-19/h2-11,16,24H,12-15,17H2,1H3,(H,26,29)/t24-/m1/s1. The van der Waals surface area contributed by atoms with Crippen LogP contribution in [0.1, 0.15) is 22.0 Å². The third kappa shape index (κ3) is 4.89. The van der Waals surface area contributed by atoms with E-state index in [-0.39, 0.29) is 17.8 Å². The first-order chi connectivity index (χ1) is 14.6. The summed E-state index contributed by atoms with van der Waals surface area (Å²) in [7, 11) is 0. The van der Waals surface area contributed by atoms with E-state index in [1.165, 1.54) is 23.4 Å². The molecular weight excluding hydrogens is 397 g/mol. The summed E-state index contributed by atoms with van der Waals surface area (Å²) >= 11 is 1.59. The Morgan fingerprint density at radius 2 is 1.77 bits per heavy atom. The highest BCUT2D eigenvalue weighted by Gasteiger charge is 2.23. The van der Waals surface area contributed by atoms with Gasteiger partial charge in [0.25, 0.3) is 0 Å². The number of nitrogens with one attached hydrogen (secondary N) is 1. The fourth-order valence-electron chi connectivity index (χ4n) is 3.90. The fourth-order valence-corrected chi connectivity index (χ4v) is 4.71. The quantitative estimate of drug-likeness (QED) is 0.645. The lowest BCUT2D eigenvalue weighted by Gasteiger charge is -2.36. The van der Waals surface area contributed by atoms with Gasteiger partial charge in [-0.1, -0.05) is 36.4 Å². The predicted octanol–water partition coefficient (Wildman–Crippen LogP) is 4.22. The van der Waals surface area contributed by atoms with Crippen LogP contribution in [0.3, 0.4) is 0 Å². The van der Waals surface area contributed by atoms with Gasteiger partial charge in [0, 0.05) is 36.7 Å². The molecule has 1 aliphatic rings. The molecule has 2 aromatic carbocycles. The lowest BCUT2D eigenvalue weighted by Crippen LogP contribution is -2.50. The number of para-hydroxylation sites is 1. The van der Waals surface area contributed by atoms with E-state index in [2.05, 4.69) is 46.3 Å². The third-order valence-corrected chi connectivity index (χ3v) is 6.47. The maximum absolute atomic E-state index is 13.3. The second kappa shape index (κ2) is 9.41. The topological polar surface area (TPSA) is 35.6 Å². The van der Waals surface area contributed by atoms with E-state index >= 15 is 0 Å². The Kier molecular flexibility index (Phi) is 6.45. The number of halogens is 1. The van der Waals surface area contributed by atoms with E-state index in [9.17, 15) is 9.18 Å². The number of anilines is 1. The molecule has 2 heterocycles. The fraction of sp³-hybridized carbons (Fsp3) is 0.292. The van der Waals surface area contributed by atoms with Crippen LogP contribution < -0.4 is 10.2 Å². The zero-order valence-electron chi connectivity index (χ0n) is 17.1. The number of hydrogen-bond acceptors (Lipinski definition) is 4. The van der Waals surface area contributed by atoms with Gasteiger partial charge in [0.1, 0.15) is 5.82 Å². The Morgan fingerprint density at radius 3 is 2.43 bits per heavy atom. The van der Waals surface area contributed by atoms with Crippen LogP contribution in [-0.2, 0) is 4.79 Å². The van der Waals surface area contributed by atoms with Crippen LogP contribution in [0, 0.1) is 12.7 Å². The first-order valence-corrected chi connectivity index (χ1v) is 11.1. The molecule has 4 nitrogen and oxygen atoms in total. The minimum Gasteiger partial charge on any atom is -0.369 e. The van der Waals surface area contributed by atoms with Gasteiger partial charge in [-0.2, -0.15) is 0 Å². The Balaban J connectivity index is 1.36. The molecule has 0 unspecified atom stereocenters. The Bertz CT molecular complexity index is 966. The maximum atomic E-state index is 13.3. The molecule has 1 saturated heterocycles. The van der Waals surface area contributed by atoms with E-state index in [0.29, 0.717) is 6.54 Å². The highest BCUT2D eigenvalue weighted by Crippen LogP contribution is 2.26. The molecule has 156 valence electrons. The lowest BCUT2D eigenvalue weighted by atomic mass is 10.1. The summed E-state index contributed by atoms with van der Waals surface area (Å²) in [4.78, 5) is 18.4. The highest BCUT2D eigenvalue weighted by molar-refractivity contribution is 7.10. The molecule has 1 fully saturated rings. The number of carbonyl (C=O) groups excluding carboxylic acids is 1. The van der Waals surface area contributed by atoms with Crippen molar-refractivity contribution in [1.29, 1.82) is 0 Å². The number of aryl methyl sites for hydroxylation is 1. The Labute approximate surface area is 180 Å². The van der Waals surface area contributed by atoms with Crippen molar-refractivity contribution in [3.8, 4) is 0 Å². The number of amides is 1. The Morgan fingerprint density at radius 1 is 1.03 bits per heavy atom. The van der Waals surface area contributed by atoms with Crippen molar-refractivity contribution in [2.75, 3.05) is 37.6 Å². The molecule has 0 radical (unpaired) electrons. The van der Waals surface area contributed by atoms with E-state index in [4.69, 9.17) is 0 Å². The van der Waals surface area contributed by atoms with Crippen LogP contribution in [-0.4, -0.2) is 43.5 Å². The summed E-state index contributed by atoms with van der Waals surface area (Å²) < 4.78 is 13.3. The molecule has 1 amide bonds. The summed E-state index contributed by atoms with van der Waals surface area (Å²) in [5, 5.41) is 5.14. The molecule has 0 saturated carbocycles. The summed E-state index contributed by atoms with van der Waals surface area (Å²) in [6, 6.07) is 18.5. The molecule has 0 bridgehead atoms. The number of hydrogen-bond donors (Lipinski definition) is 1. The largest absolute Gasteiger partial charge is 0.369 e. The van der Waals surface area contributed by atoms with Crippen LogP contribution in [0.15, 0.2) is 66.0 Å². The average Bonchev–Trinajstić information content (AvgIpc) is 3.28. The summed E-state index contributed by atoms with van der Waals surface area (Å²) in [5.41, 5.74) is 3.44. The monoisotopic (exact) mass is 423 g/mol. The van der Waals surface area contributed by atoms with Crippen molar-refractivity contribution in [2.24, 2.45) is 0 Å². The number of thiophene rings is 1. The maximum Gasteiger partial charge on any atom is 0.234 e. The second-order valence-electron chi connectivity index (χ2n) is 7.62. The number of nitrogens with zero attached hydrogens (tertiary/aromatic N) is 2. The zero-order chi connectivity index (χ0) is 20.9. The van der Waals surface area contributed by atoms with Crippen LogP contribution in [0.25, 0.3) is 0 Å². The van der Waals surface area contributed by atoms with Gasteiger partial charge < -0.3 is 10.2 Å². The van der Waals surface area contributed by atoms with Crippen LogP contribution >= 0.6 is 11.3 Å². The molecule has 6 heteroatoms. The lowest BCUT2D eigenvalue weighted by molar-refractivity contribution is -0.122. The molecule has 0 aliphatic carbocycles. The molecule has 1 aliphatic heterocycles. The normalized spacial score (nSPS) is 15.7. The molecule has 0 spiro atoms. The van der Waals surface area contributed by atoms with Gasteiger partial charge in [0.05, 0.1) is 12.6 Å². The van der Waals surface area contributed by atoms with Gasteiger partial charge in [-0.05, 0) is 47.7 Å². The molecule has 1 atom stereocenters. The number of piperazine rings is 1. The van der Waals surface area contributed by atoms with Gasteiger partial charge in [0.2, 0.25) is 5.91 Å². The second-order valence-corrected chi connectivity index (χ2v) is 8.60.